The van der Waals surface area contributed by atoms with Crippen molar-refractivity contribution < 1.29 is 13.9 Å². The highest BCUT2D eigenvalue weighted by Crippen LogP contribution is 2.33. The Kier molecular flexibility index (Phi) is 6.68. The third kappa shape index (κ3) is 5.23. The SMILES string of the molecule is Cc1cc(F)c(NC(=O)/C(N)=C/N(N)C(C)(C)C)cc1-c1cc(N2CCOCC2)c2nccn2c1. The molecule has 3 aromatic rings. The second kappa shape index (κ2) is 9.55. The second-order valence-electron chi connectivity index (χ2n) is 9.64. The highest BCUT2D eigenvalue weighted by atomic mass is 19.1. The van der Waals surface area contributed by atoms with Gasteiger partial charge in [-0.2, -0.15) is 0 Å². The predicted octanol–water partition coefficient (Wildman–Crippen LogP) is 3.00. The molecule has 0 saturated carbocycles. The molecule has 0 unspecified atom stereocenters. The smallest absolute Gasteiger partial charge is 0.273 e. The first-order valence-corrected chi connectivity index (χ1v) is 11.5. The van der Waals surface area contributed by atoms with Crippen molar-refractivity contribution in [3.05, 3.63) is 60.1 Å². The number of hydrogen-bond donors (Lipinski definition) is 3. The van der Waals surface area contributed by atoms with E-state index in [1.165, 1.54) is 17.3 Å². The van der Waals surface area contributed by atoms with Gasteiger partial charge in [0.1, 0.15) is 11.5 Å². The number of rotatable bonds is 5. The van der Waals surface area contributed by atoms with Crippen molar-refractivity contribution in [1.29, 1.82) is 0 Å². The van der Waals surface area contributed by atoms with E-state index in [4.69, 9.17) is 16.3 Å². The molecule has 1 amide bonds. The number of carbonyl (C=O) groups is 1. The molecule has 0 atom stereocenters. The molecule has 1 fully saturated rings. The van der Waals surface area contributed by atoms with Gasteiger partial charge < -0.3 is 30.1 Å². The number of halogens is 1. The lowest BCUT2D eigenvalue weighted by molar-refractivity contribution is -0.113. The van der Waals surface area contributed by atoms with Crippen LogP contribution in [-0.2, 0) is 9.53 Å². The highest BCUT2D eigenvalue weighted by molar-refractivity contribution is 6.03. The van der Waals surface area contributed by atoms with Gasteiger partial charge in [0.2, 0.25) is 0 Å². The molecule has 3 heterocycles. The largest absolute Gasteiger partial charge is 0.393 e. The Labute approximate surface area is 204 Å². The minimum absolute atomic E-state index is 0.0323. The lowest BCUT2D eigenvalue weighted by Crippen LogP contribution is -2.43. The summed E-state index contributed by atoms with van der Waals surface area (Å²) in [5, 5.41) is 3.92. The number of fused-ring (bicyclic) bond motifs is 1. The number of hydrazine groups is 1. The lowest BCUT2D eigenvalue weighted by atomic mass is 10.00. The van der Waals surface area contributed by atoms with E-state index in [-0.39, 0.29) is 11.4 Å². The van der Waals surface area contributed by atoms with Crippen molar-refractivity contribution in [3.63, 3.8) is 0 Å². The number of aryl methyl sites for hydroxylation is 1. The van der Waals surface area contributed by atoms with Crippen LogP contribution >= 0.6 is 0 Å². The van der Waals surface area contributed by atoms with Crippen LogP contribution in [0.1, 0.15) is 26.3 Å². The van der Waals surface area contributed by atoms with Crippen LogP contribution in [0, 0.1) is 12.7 Å². The van der Waals surface area contributed by atoms with Crippen molar-refractivity contribution in [2.45, 2.75) is 33.2 Å². The number of hydrogen-bond acceptors (Lipinski definition) is 7. The van der Waals surface area contributed by atoms with Crippen molar-refractivity contribution in [3.8, 4) is 11.1 Å². The number of morpholine rings is 1. The van der Waals surface area contributed by atoms with E-state index in [0.29, 0.717) is 13.2 Å². The first-order chi connectivity index (χ1) is 16.5. The van der Waals surface area contributed by atoms with Crippen LogP contribution in [0.25, 0.3) is 16.8 Å². The molecule has 9 nitrogen and oxygen atoms in total. The van der Waals surface area contributed by atoms with Gasteiger partial charge in [0.05, 0.1) is 24.6 Å². The van der Waals surface area contributed by atoms with E-state index in [9.17, 15) is 9.18 Å². The molecule has 186 valence electrons. The van der Waals surface area contributed by atoms with Gasteiger partial charge >= 0.3 is 0 Å². The van der Waals surface area contributed by atoms with Gasteiger partial charge in [-0.15, -0.1) is 0 Å². The molecule has 1 aromatic carbocycles. The Bertz CT molecular complexity index is 1270. The summed E-state index contributed by atoms with van der Waals surface area (Å²) in [6.45, 7) is 10.3. The molecule has 0 bridgehead atoms. The molecule has 0 aliphatic carbocycles. The number of benzene rings is 1. The number of carbonyl (C=O) groups excluding carboxylic acids is 1. The lowest BCUT2D eigenvalue weighted by Gasteiger charge is -2.30. The van der Waals surface area contributed by atoms with Gasteiger partial charge in [-0.25, -0.2) is 15.2 Å². The van der Waals surface area contributed by atoms with Crippen LogP contribution < -0.4 is 21.8 Å². The summed E-state index contributed by atoms with van der Waals surface area (Å²) in [6, 6.07) is 5.08. The van der Waals surface area contributed by atoms with Crippen LogP contribution in [0.5, 0.6) is 0 Å². The van der Waals surface area contributed by atoms with E-state index in [1.54, 1.807) is 12.3 Å². The molecular weight excluding hydrogens is 449 g/mol. The maximum atomic E-state index is 14.8. The molecule has 2 aromatic heterocycles. The summed E-state index contributed by atoms with van der Waals surface area (Å²) in [5.74, 6) is 4.76. The number of pyridine rings is 1. The van der Waals surface area contributed by atoms with Crippen LogP contribution in [0.2, 0.25) is 0 Å². The molecule has 1 saturated heterocycles. The predicted molar refractivity (Wildman–Crippen MR) is 135 cm³/mol. The topological polar surface area (TPSA) is 114 Å². The van der Waals surface area contributed by atoms with E-state index < -0.39 is 17.3 Å². The van der Waals surface area contributed by atoms with E-state index in [2.05, 4.69) is 15.2 Å². The normalized spacial score (nSPS) is 14.9. The molecule has 5 N–H and O–H groups in total. The van der Waals surface area contributed by atoms with Crippen molar-refractivity contribution in [2.24, 2.45) is 11.6 Å². The quantitative estimate of drug-likeness (QED) is 0.292. The zero-order valence-corrected chi connectivity index (χ0v) is 20.5. The van der Waals surface area contributed by atoms with Gasteiger partial charge in [0, 0.05) is 49.0 Å². The number of nitrogens with zero attached hydrogens (tertiary/aromatic N) is 4. The van der Waals surface area contributed by atoms with Gasteiger partial charge in [-0.05, 0) is 57.0 Å². The summed E-state index contributed by atoms with van der Waals surface area (Å²) in [4.78, 5) is 19.4. The third-order valence-electron chi connectivity index (χ3n) is 6.01. The summed E-state index contributed by atoms with van der Waals surface area (Å²) in [7, 11) is 0. The number of amides is 1. The Hall–Kier alpha value is -3.63. The average Bonchev–Trinajstić information content (AvgIpc) is 3.28. The zero-order valence-electron chi connectivity index (χ0n) is 20.5. The molecule has 4 rings (SSSR count). The van der Waals surface area contributed by atoms with E-state index >= 15 is 0 Å². The van der Waals surface area contributed by atoms with Crippen molar-refractivity contribution in [1.82, 2.24) is 14.4 Å². The number of nitrogens with one attached hydrogen (secondary N) is 1. The van der Waals surface area contributed by atoms with Crippen LogP contribution in [0.3, 0.4) is 0 Å². The number of aromatic nitrogens is 2. The molecule has 10 heteroatoms. The summed E-state index contributed by atoms with van der Waals surface area (Å²) in [5.41, 5.74) is 9.60. The average molecular weight is 482 g/mol. The number of anilines is 2. The minimum Gasteiger partial charge on any atom is -0.393 e. The summed E-state index contributed by atoms with van der Waals surface area (Å²) >= 11 is 0. The Morgan fingerprint density at radius 2 is 1.97 bits per heavy atom. The fourth-order valence-electron chi connectivity index (χ4n) is 3.87. The Morgan fingerprint density at radius 1 is 1.26 bits per heavy atom. The standard InChI is InChI=1S/C25H32FN7O2/c1-16-11-19(26)21(30-24(34)20(27)15-33(28)25(2,3)4)13-18(16)17-12-22(31-7-9-35-10-8-31)23-29-5-6-32(23)14-17/h5-6,11-15H,7-10,27-28H2,1-4H3,(H,30,34)/b20-15-. The molecule has 0 radical (unpaired) electrons. The number of nitrogens with two attached hydrogens (primary N) is 2. The van der Waals surface area contributed by atoms with Crippen LogP contribution in [0.4, 0.5) is 15.8 Å². The summed E-state index contributed by atoms with van der Waals surface area (Å²) < 4.78 is 22.3. The molecule has 1 aliphatic heterocycles. The fourth-order valence-corrected chi connectivity index (χ4v) is 3.87. The summed E-state index contributed by atoms with van der Waals surface area (Å²) in [6.07, 6.45) is 6.91. The number of ether oxygens (including phenoxy) is 1. The third-order valence-corrected chi connectivity index (χ3v) is 6.01. The fraction of sp³-hybridized carbons (Fsp3) is 0.360. The maximum absolute atomic E-state index is 14.8. The van der Waals surface area contributed by atoms with Gasteiger partial charge in [0.15, 0.2) is 5.65 Å². The molecule has 35 heavy (non-hydrogen) atoms. The van der Waals surface area contributed by atoms with Gasteiger partial charge in [-0.3, -0.25) is 4.79 Å². The molecule has 1 aliphatic rings. The van der Waals surface area contributed by atoms with Gasteiger partial charge in [-0.1, -0.05) is 0 Å². The first kappa shape index (κ1) is 24.5. The number of imidazole rings is 1. The Morgan fingerprint density at radius 3 is 2.66 bits per heavy atom. The van der Waals surface area contributed by atoms with Crippen LogP contribution in [-0.4, -0.2) is 52.1 Å². The zero-order chi connectivity index (χ0) is 25.3. The Balaban J connectivity index is 1.69. The monoisotopic (exact) mass is 481 g/mol. The van der Waals surface area contributed by atoms with E-state index in [1.807, 2.05) is 50.6 Å². The second-order valence-corrected chi connectivity index (χ2v) is 9.64. The van der Waals surface area contributed by atoms with Gasteiger partial charge in [0.25, 0.3) is 5.91 Å². The van der Waals surface area contributed by atoms with Crippen LogP contribution in [0.15, 0.2) is 48.7 Å². The maximum Gasteiger partial charge on any atom is 0.273 e. The van der Waals surface area contributed by atoms with Crippen molar-refractivity contribution >= 4 is 22.9 Å². The molecular formula is C25H32FN7O2. The van der Waals surface area contributed by atoms with E-state index in [0.717, 1.165) is 41.1 Å². The minimum atomic E-state index is -0.641. The molecule has 0 spiro atoms. The van der Waals surface area contributed by atoms with Crippen molar-refractivity contribution in [2.75, 3.05) is 36.5 Å². The first-order valence-electron chi connectivity index (χ1n) is 11.5. The highest BCUT2D eigenvalue weighted by Gasteiger charge is 2.20.